The Morgan fingerprint density at radius 2 is 1.69 bits per heavy atom. The lowest BCUT2D eigenvalue weighted by molar-refractivity contribution is -0.121. The van der Waals surface area contributed by atoms with E-state index in [2.05, 4.69) is 55.3 Å². The Bertz CT molecular complexity index is 1510. The van der Waals surface area contributed by atoms with E-state index >= 15 is 0 Å². The molecule has 0 aliphatic carbocycles. The fourth-order valence-electron chi connectivity index (χ4n) is 4.72. The lowest BCUT2D eigenvalue weighted by Crippen LogP contribution is -2.46. The number of fused-ring (bicyclic) bond motifs is 1. The summed E-state index contributed by atoms with van der Waals surface area (Å²) in [5.74, 6) is 0.175. The molecular formula is C31H38N4O3S. The summed E-state index contributed by atoms with van der Waals surface area (Å²) in [6, 6.07) is 23.0. The Morgan fingerprint density at radius 3 is 2.36 bits per heavy atom. The first-order chi connectivity index (χ1) is 18.6. The molecule has 4 aromatic rings. The summed E-state index contributed by atoms with van der Waals surface area (Å²) < 4.78 is 27.5. The molecule has 0 spiro atoms. The van der Waals surface area contributed by atoms with E-state index in [1.54, 1.807) is 30.5 Å². The molecule has 0 fully saturated rings. The zero-order chi connectivity index (χ0) is 28.2. The van der Waals surface area contributed by atoms with Gasteiger partial charge in [-0.3, -0.25) is 9.69 Å². The Balaban J connectivity index is 1.48. The topological polar surface area (TPSA) is 84.3 Å². The average molecular weight is 547 g/mol. The van der Waals surface area contributed by atoms with E-state index in [9.17, 15) is 13.2 Å². The number of aromatic nitrogens is 2. The lowest BCUT2D eigenvalue weighted by Gasteiger charge is -2.32. The minimum Gasteiger partial charge on any atom is -0.355 e. The van der Waals surface area contributed by atoms with Gasteiger partial charge in [0.25, 0.3) is 10.0 Å². The molecule has 206 valence electrons. The van der Waals surface area contributed by atoms with Crippen molar-refractivity contribution in [2.75, 3.05) is 13.6 Å². The van der Waals surface area contributed by atoms with Crippen molar-refractivity contribution in [3.05, 3.63) is 95.7 Å². The highest BCUT2D eigenvalue weighted by Crippen LogP contribution is 2.23. The molecule has 7 nitrogen and oxygen atoms in total. The van der Waals surface area contributed by atoms with Crippen LogP contribution in [-0.4, -0.2) is 54.1 Å². The third-order valence-electron chi connectivity index (χ3n) is 7.40. The van der Waals surface area contributed by atoms with Crippen molar-refractivity contribution >= 4 is 26.8 Å². The minimum absolute atomic E-state index is 0.0338. The molecule has 1 heterocycles. The molecule has 1 N–H and O–H groups in total. The van der Waals surface area contributed by atoms with Crippen LogP contribution in [0.2, 0.25) is 0 Å². The normalized spacial score (nSPS) is 13.6. The minimum atomic E-state index is -3.80. The van der Waals surface area contributed by atoms with Crippen LogP contribution in [0.15, 0.2) is 83.9 Å². The SMILES string of the molecule is Cc1ccc(S(=O)(=O)n2ncc3cc(C[C@@H](CNC(=O)C[C@H](C)c4ccccc4)N(C)C(C)C)ccc32)cc1. The highest BCUT2D eigenvalue weighted by Gasteiger charge is 2.23. The lowest BCUT2D eigenvalue weighted by atomic mass is 9.97. The number of likely N-dealkylation sites (N-methyl/N-ethyl adjacent to an activating group) is 1. The van der Waals surface area contributed by atoms with Crippen molar-refractivity contribution in [2.24, 2.45) is 0 Å². The number of hydrogen-bond donors (Lipinski definition) is 1. The molecule has 0 aliphatic rings. The van der Waals surface area contributed by atoms with E-state index < -0.39 is 10.0 Å². The maximum Gasteiger partial charge on any atom is 0.283 e. The van der Waals surface area contributed by atoms with E-state index in [4.69, 9.17) is 0 Å². The van der Waals surface area contributed by atoms with Gasteiger partial charge in [-0.05, 0) is 75.5 Å². The van der Waals surface area contributed by atoms with Gasteiger partial charge in [-0.25, -0.2) is 0 Å². The number of carbonyl (C=O) groups is 1. The zero-order valence-corrected chi connectivity index (χ0v) is 24.2. The number of benzene rings is 3. The van der Waals surface area contributed by atoms with Gasteiger partial charge in [-0.2, -0.15) is 17.6 Å². The molecule has 0 radical (unpaired) electrons. The maximum absolute atomic E-state index is 13.2. The second-order valence-corrected chi connectivity index (χ2v) is 12.4. The van der Waals surface area contributed by atoms with Crippen LogP contribution >= 0.6 is 0 Å². The highest BCUT2D eigenvalue weighted by atomic mass is 32.2. The third-order valence-corrected chi connectivity index (χ3v) is 9.02. The summed E-state index contributed by atoms with van der Waals surface area (Å²) >= 11 is 0. The summed E-state index contributed by atoms with van der Waals surface area (Å²) in [6.07, 6.45) is 2.73. The van der Waals surface area contributed by atoms with Crippen molar-refractivity contribution < 1.29 is 13.2 Å². The predicted octanol–water partition coefficient (Wildman–Crippen LogP) is 5.14. The Morgan fingerprint density at radius 1 is 1.00 bits per heavy atom. The van der Waals surface area contributed by atoms with Gasteiger partial charge < -0.3 is 5.32 Å². The van der Waals surface area contributed by atoms with Gasteiger partial charge in [0.1, 0.15) is 0 Å². The van der Waals surface area contributed by atoms with E-state index in [0.29, 0.717) is 30.9 Å². The van der Waals surface area contributed by atoms with Crippen molar-refractivity contribution in [2.45, 2.75) is 63.4 Å². The fraction of sp³-hybridized carbons (Fsp3) is 0.355. The summed E-state index contributed by atoms with van der Waals surface area (Å²) in [4.78, 5) is 15.3. The second-order valence-electron chi connectivity index (χ2n) is 10.6. The summed E-state index contributed by atoms with van der Waals surface area (Å²) in [5.41, 5.74) is 3.74. The molecule has 39 heavy (non-hydrogen) atoms. The first-order valence-electron chi connectivity index (χ1n) is 13.4. The molecule has 4 rings (SSSR count). The molecule has 0 saturated heterocycles. The molecule has 0 aliphatic heterocycles. The maximum atomic E-state index is 13.2. The monoisotopic (exact) mass is 546 g/mol. The number of hydrogen-bond acceptors (Lipinski definition) is 5. The van der Waals surface area contributed by atoms with Gasteiger partial charge in [0.15, 0.2) is 0 Å². The quantitative estimate of drug-likeness (QED) is 0.282. The van der Waals surface area contributed by atoms with E-state index in [-0.39, 0.29) is 22.8 Å². The van der Waals surface area contributed by atoms with E-state index in [1.165, 1.54) is 0 Å². The van der Waals surface area contributed by atoms with Crippen LogP contribution in [0, 0.1) is 6.92 Å². The first kappa shape index (κ1) is 28.5. The van der Waals surface area contributed by atoms with Crippen molar-refractivity contribution in [3.63, 3.8) is 0 Å². The Labute approximate surface area is 231 Å². The molecule has 0 saturated carbocycles. The van der Waals surface area contributed by atoms with Crippen LogP contribution in [0.25, 0.3) is 10.9 Å². The molecule has 0 bridgehead atoms. The van der Waals surface area contributed by atoms with Crippen LogP contribution in [0.3, 0.4) is 0 Å². The largest absolute Gasteiger partial charge is 0.355 e. The van der Waals surface area contributed by atoms with Crippen molar-refractivity contribution in [1.29, 1.82) is 0 Å². The first-order valence-corrected chi connectivity index (χ1v) is 14.8. The molecule has 1 amide bonds. The molecule has 3 aromatic carbocycles. The van der Waals surface area contributed by atoms with Gasteiger partial charge in [0, 0.05) is 30.4 Å². The van der Waals surface area contributed by atoms with Crippen LogP contribution in [0.1, 0.15) is 49.8 Å². The zero-order valence-electron chi connectivity index (χ0n) is 23.3. The second kappa shape index (κ2) is 12.1. The van der Waals surface area contributed by atoms with Gasteiger partial charge in [-0.1, -0.05) is 61.0 Å². The standard InChI is InChI=1S/C31H38N4O3S/c1-22(2)34(5)28(21-32-31(36)17-24(4)26-9-7-6-8-10-26)19-25-13-16-30-27(18-25)20-33-35(30)39(37,38)29-14-11-23(3)12-15-29/h6-16,18,20,22,24,28H,17,19,21H2,1-5H3,(H,32,36)/t24-,28-/m0/s1. The van der Waals surface area contributed by atoms with E-state index in [1.807, 2.05) is 43.3 Å². The van der Waals surface area contributed by atoms with Gasteiger partial charge >= 0.3 is 0 Å². The molecule has 0 unspecified atom stereocenters. The number of amides is 1. The molecule has 1 aromatic heterocycles. The number of carbonyl (C=O) groups excluding carboxylic acids is 1. The summed E-state index contributed by atoms with van der Waals surface area (Å²) in [5, 5.41) is 8.13. The van der Waals surface area contributed by atoms with Crippen molar-refractivity contribution in [1.82, 2.24) is 19.4 Å². The van der Waals surface area contributed by atoms with Gasteiger partial charge in [0.2, 0.25) is 5.91 Å². The van der Waals surface area contributed by atoms with Crippen LogP contribution in [0.4, 0.5) is 0 Å². The Kier molecular flexibility index (Phi) is 8.87. The molecule has 8 heteroatoms. The molecule has 2 atom stereocenters. The van der Waals surface area contributed by atoms with Crippen LogP contribution in [-0.2, 0) is 21.2 Å². The van der Waals surface area contributed by atoms with Crippen molar-refractivity contribution in [3.8, 4) is 0 Å². The Hall–Kier alpha value is -3.49. The van der Waals surface area contributed by atoms with Crippen LogP contribution < -0.4 is 5.32 Å². The summed E-state index contributed by atoms with van der Waals surface area (Å²) in [6.45, 7) is 8.78. The summed E-state index contributed by atoms with van der Waals surface area (Å²) in [7, 11) is -1.73. The number of rotatable bonds is 11. The molecular weight excluding hydrogens is 508 g/mol. The fourth-order valence-corrected chi connectivity index (χ4v) is 6.00. The van der Waals surface area contributed by atoms with E-state index in [0.717, 1.165) is 26.2 Å². The number of nitrogens with one attached hydrogen (secondary N) is 1. The predicted molar refractivity (Wildman–Crippen MR) is 156 cm³/mol. The third kappa shape index (κ3) is 6.75. The van der Waals surface area contributed by atoms with Crippen LogP contribution in [0.5, 0.6) is 0 Å². The average Bonchev–Trinajstić information content (AvgIpc) is 3.35. The smallest absolute Gasteiger partial charge is 0.283 e. The number of nitrogens with zero attached hydrogens (tertiary/aromatic N) is 3. The number of aryl methyl sites for hydroxylation is 1. The van der Waals surface area contributed by atoms with Gasteiger partial charge in [-0.15, -0.1) is 0 Å². The van der Waals surface area contributed by atoms with Gasteiger partial charge in [0.05, 0.1) is 16.6 Å². The highest BCUT2D eigenvalue weighted by molar-refractivity contribution is 7.90.